The fraction of sp³-hybridized carbons (Fsp3) is 0.150. The highest BCUT2D eigenvalue weighted by molar-refractivity contribution is 8.00. The first-order chi connectivity index (χ1) is 13.5. The van der Waals surface area contributed by atoms with Crippen molar-refractivity contribution in [1.82, 2.24) is 10.3 Å². The molecule has 0 radical (unpaired) electrons. The molecule has 0 spiro atoms. The summed E-state index contributed by atoms with van der Waals surface area (Å²) in [5, 5.41) is 7.03. The van der Waals surface area contributed by atoms with E-state index in [2.05, 4.69) is 15.6 Å². The fourth-order valence-electron chi connectivity index (χ4n) is 3.15. The number of benzene rings is 2. The first-order valence-electron chi connectivity index (χ1n) is 8.74. The molecular formula is C20H18N4O2S2. The Hall–Kier alpha value is -2.84. The summed E-state index contributed by atoms with van der Waals surface area (Å²) in [5.74, 6) is -0.371. The van der Waals surface area contributed by atoms with Crippen LogP contribution >= 0.6 is 24.0 Å². The Kier molecular flexibility index (Phi) is 5.06. The number of imide groups is 1. The number of aromatic nitrogens is 1. The second kappa shape index (κ2) is 7.65. The number of thiocarbonyl (C=S) groups is 1. The molecule has 1 aliphatic rings. The van der Waals surface area contributed by atoms with Gasteiger partial charge in [-0.15, -0.1) is 11.8 Å². The molecule has 6 nitrogen and oxygen atoms in total. The van der Waals surface area contributed by atoms with Gasteiger partial charge >= 0.3 is 0 Å². The summed E-state index contributed by atoms with van der Waals surface area (Å²) in [6, 6.07) is 15.1. The molecule has 1 saturated heterocycles. The van der Waals surface area contributed by atoms with Crippen molar-refractivity contribution in [1.29, 1.82) is 0 Å². The van der Waals surface area contributed by atoms with Gasteiger partial charge in [0.05, 0.1) is 10.9 Å². The molecule has 4 rings (SSSR count). The highest BCUT2D eigenvalue weighted by atomic mass is 32.2. The predicted octanol–water partition coefficient (Wildman–Crippen LogP) is 3.51. The van der Waals surface area contributed by atoms with E-state index >= 15 is 0 Å². The zero-order valence-corrected chi connectivity index (χ0v) is 16.7. The van der Waals surface area contributed by atoms with Crippen LogP contribution in [0.15, 0.2) is 59.6 Å². The number of fused-ring (bicyclic) bond motifs is 1. The molecule has 1 aromatic heterocycles. The van der Waals surface area contributed by atoms with Crippen molar-refractivity contribution in [3.8, 4) is 0 Å². The normalized spacial score (nSPS) is 16.6. The van der Waals surface area contributed by atoms with Gasteiger partial charge in [0.15, 0.2) is 5.11 Å². The van der Waals surface area contributed by atoms with Crippen LogP contribution in [0.4, 0.5) is 11.4 Å². The maximum absolute atomic E-state index is 12.9. The average Bonchev–Trinajstić information content (AvgIpc) is 3.25. The summed E-state index contributed by atoms with van der Waals surface area (Å²) in [6.45, 7) is 0. The number of aromatic amines is 1. The smallest absolute Gasteiger partial charge is 0.247 e. The number of hydrogen-bond donors (Lipinski definition) is 3. The maximum Gasteiger partial charge on any atom is 0.247 e. The van der Waals surface area contributed by atoms with E-state index < -0.39 is 5.25 Å². The number of carbonyl (C=O) groups excluding carboxylic acids is 2. The molecule has 28 heavy (non-hydrogen) atoms. The Morgan fingerprint density at radius 3 is 2.89 bits per heavy atom. The van der Waals surface area contributed by atoms with Gasteiger partial charge in [-0.2, -0.15) is 0 Å². The lowest BCUT2D eigenvalue weighted by Gasteiger charge is -2.15. The minimum atomic E-state index is -0.446. The van der Waals surface area contributed by atoms with Crippen LogP contribution in [-0.4, -0.2) is 34.2 Å². The molecule has 2 amide bonds. The Labute approximate surface area is 171 Å². The molecule has 8 heteroatoms. The number of thioether (sulfide) groups is 1. The zero-order chi connectivity index (χ0) is 19.7. The molecule has 2 heterocycles. The molecule has 0 bridgehead atoms. The number of anilines is 2. The van der Waals surface area contributed by atoms with E-state index in [9.17, 15) is 9.59 Å². The van der Waals surface area contributed by atoms with Crippen LogP contribution < -0.4 is 15.5 Å². The van der Waals surface area contributed by atoms with E-state index in [4.69, 9.17) is 12.2 Å². The lowest BCUT2D eigenvalue weighted by molar-refractivity contribution is -0.121. The summed E-state index contributed by atoms with van der Waals surface area (Å²) in [4.78, 5) is 30.8. The third kappa shape index (κ3) is 3.61. The van der Waals surface area contributed by atoms with Gasteiger partial charge in [-0.05, 0) is 54.0 Å². The summed E-state index contributed by atoms with van der Waals surface area (Å²) < 4.78 is 0. The lowest BCUT2D eigenvalue weighted by Crippen LogP contribution is -2.31. The third-order valence-electron chi connectivity index (χ3n) is 4.50. The monoisotopic (exact) mass is 410 g/mol. The average molecular weight is 411 g/mol. The molecule has 1 fully saturated rings. The lowest BCUT2D eigenvalue weighted by atomic mass is 10.2. The zero-order valence-electron chi connectivity index (χ0n) is 15.1. The fourth-order valence-corrected chi connectivity index (χ4v) is 4.38. The topological polar surface area (TPSA) is 77.2 Å². The largest absolute Gasteiger partial charge is 0.366 e. The van der Waals surface area contributed by atoms with Crippen LogP contribution in [-0.2, 0) is 9.59 Å². The Bertz CT molecular complexity index is 1080. The Morgan fingerprint density at radius 1 is 1.21 bits per heavy atom. The summed E-state index contributed by atoms with van der Waals surface area (Å²) >= 11 is 6.51. The van der Waals surface area contributed by atoms with Gasteiger partial charge < -0.3 is 15.6 Å². The van der Waals surface area contributed by atoms with Gasteiger partial charge in [0.25, 0.3) is 0 Å². The van der Waals surface area contributed by atoms with Crippen molar-refractivity contribution in [3.05, 3.63) is 54.7 Å². The van der Waals surface area contributed by atoms with Crippen molar-refractivity contribution >= 4 is 63.2 Å². The maximum atomic E-state index is 12.9. The SMILES string of the molecule is CNC(=S)Nc1cccc(SC2CC(=O)N(c3ccc4cc[nH]c4c3)C2=O)c1. The molecule has 1 unspecified atom stereocenters. The van der Waals surface area contributed by atoms with Crippen molar-refractivity contribution in [2.45, 2.75) is 16.6 Å². The Morgan fingerprint density at radius 2 is 2.07 bits per heavy atom. The van der Waals surface area contributed by atoms with Crippen molar-refractivity contribution in [2.75, 3.05) is 17.3 Å². The van der Waals surface area contributed by atoms with Crippen LogP contribution in [0, 0.1) is 0 Å². The number of H-pyrrole nitrogens is 1. The number of nitrogens with zero attached hydrogens (tertiary/aromatic N) is 1. The van der Waals surface area contributed by atoms with E-state index in [0.29, 0.717) is 10.8 Å². The minimum absolute atomic E-state index is 0.179. The molecule has 142 valence electrons. The van der Waals surface area contributed by atoms with Crippen LogP contribution in [0.3, 0.4) is 0 Å². The molecule has 3 aromatic rings. The van der Waals surface area contributed by atoms with E-state index in [0.717, 1.165) is 21.5 Å². The van der Waals surface area contributed by atoms with E-state index in [1.165, 1.54) is 16.7 Å². The van der Waals surface area contributed by atoms with Gasteiger partial charge in [-0.3, -0.25) is 9.59 Å². The van der Waals surface area contributed by atoms with Crippen LogP contribution in [0.25, 0.3) is 10.9 Å². The third-order valence-corrected chi connectivity index (χ3v) is 5.98. The molecule has 3 N–H and O–H groups in total. The van der Waals surface area contributed by atoms with E-state index in [1.807, 2.05) is 54.7 Å². The predicted molar refractivity (Wildman–Crippen MR) is 117 cm³/mol. The quantitative estimate of drug-likeness (QED) is 0.451. The van der Waals surface area contributed by atoms with Gasteiger partial charge in [-0.25, -0.2) is 4.90 Å². The van der Waals surface area contributed by atoms with Crippen molar-refractivity contribution < 1.29 is 9.59 Å². The number of amides is 2. The van der Waals surface area contributed by atoms with E-state index in [-0.39, 0.29) is 18.2 Å². The minimum Gasteiger partial charge on any atom is -0.366 e. The second-order valence-corrected chi connectivity index (χ2v) is 8.04. The van der Waals surface area contributed by atoms with Crippen LogP contribution in [0.5, 0.6) is 0 Å². The molecule has 1 aliphatic heterocycles. The molecule has 1 atom stereocenters. The number of nitrogens with one attached hydrogen (secondary N) is 3. The van der Waals surface area contributed by atoms with Gasteiger partial charge in [-0.1, -0.05) is 12.1 Å². The highest BCUT2D eigenvalue weighted by Crippen LogP contribution is 2.35. The van der Waals surface area contributed by atoms with E-state index in [1.54, 1.807) is 7.05 Å². The molecule has 0 saturated carbocycles. The molecular weight excluding hydrogens is 392 g/mol. The number of carbonyl (C=O) groups is 2. The van der Waals surface area contributed by atoms with Gasteiger partial charge in [0, 0.05) is 35.8 Å². The first-order valence-corrected chi connectivity index (χ1v) is 10.0. The van der Waals surface area contributed by atoms with Crippen molar-refractivity contribution in [3.63, 3.8) is 0 Å². The Balaban J connectivity index is 1.52. The molecule has 0 aliphatic carbocycles. The summed E-state index contributed by atoms with van der Waals surface area (Å²) in [6.07, 6.45) is 2.01. The van der Waals surface area contributed by atoms with Gasteiger partial charge in [0.2, 0.25) is 11.8 Å². The summed E-state index contributed by atoms with van der Waals surface area (Å²) in [7, 11) is 1.75. The number of rotatable bonds is 4. The second-order valence-electron chi connectivity index (χ2n) is 6.36. The standard InChI is InChI=1S/C20H18N4O2S2/c1-21-20(27)23-13-3-2-4-15(9-13)28-17-11-18(25)24(19(17)26)14-6-5-12-7-8-22-16(12)10-14/h2-10,17,22H,11H2,1H3,(H2,21,23,27). The van der Waals surface area contributed by atoms with Crippen molar-refractivity contribution in [2.24, 2.45) is 0 Å². The first kappa shape index (κ1) is 18.5. The molecule has 2 aromatic carbocycles. The number of hydrogen-bond acceptors (Lipinski definition) is 4. The summed E-state index contributed by atoms with van der Waals surface area (Å²) in [5.41, 5.74) is 2.33. The highest BCUT2D eigenvalue weighted by Gasteiger charge is 2.40. The van der Waals surface area contributed by atoms with Crippen LogP contribution in [0.2, 0.25) is 0 Å². The van der Waals surface area contributed by atoms with Crippen LogP contribution in [0.1, 0.15) is 6.42 Å². The van der Waals surface area contributed by atoms with Gasteiger partial charge in [0.1, 0.15) is 0 Å².